The number of hydrogen-bond acceptors (Lipinski definition) is 5. The van der Waals surface area contributed by atoms with Crippen LogP contribution in [-0.2, 0) is 22.7 Å². The van der Waals surface area contributed by atoms with Crippen LogP contribution >= 0.6 is 0 Å². The Bertz CT molecular complexity index is 544. The van der Waals surface area contributed by atoms with E-state index in [0.29, 0.717) is 12.8 Å². The Balaban J connectivity index is 2.29. The van der Waals surface area contributed by atoms with E-state index in [1.54, 1.807) is 0 Å². The Morgan fingerprint density at radius 3 is 2.46 bits per heavy atom. The number of hydrogen-bond donors (Lipinski definition) is 3. The number of carbonyl (C=O) groups excluding carboxylic acids is 1. The molecule has 1 rings (SSSR count). The summed E-state index contributed by atoms with van der Waals surface area (Å²) in [5.74, 6) is -2.16. The zero-order chi connectivity index (χ0) is 18.1. The van der Waals surface area contributed by atoms with E-state index in [1.807, 2.05) is 19.4 Å². The quantitative estimate of drug-likeness (QED) is 0.251. The van der Waals surface area contributed by atoms with Crippen LogP contribution in [0.3, 0.4) is 0 Å². The lowest BCUT2D eigenvalue weighted by Gasteiger charge is -2.11. The van der Waals surface area contributed by atoms with Crippen molar-refractivity contribution in [2.45, 2.75) is 70.6 Å². The largest absolute Gasteiger partial charge is 0.548 e. The molecule has 1 aromatic rings. The van der Waals surface area contributed by atoms with E-state index < -0.39 is 24.0 Å². The molecule has 0 aliphatic heterocycles. The second kappa shape index (κ2) is 10.0. The molecular weight excluding hydrogens is 314 g/mol. The Morgan fingerprint density at radius 1 is 1.21 bits per heavy atom. The Labute approximate surface area is 142 Å². The van der Waals surface area contributed by atoms with Gasteiger partial charge in [0.15, 0.2) is 0 Å². The summed E-state index contributed by atoms with van der Waals surface area (Å²) in [5, 5.41) is 19.3. The molecule has 1 aromatic heterocycles. The number of unbranched alkanes of at least 4 members (excludes halogenated alkanes) is 2. The number of carboxylic acids is 2. The van der Waals surface area contributed by atoms with Crippen molar-refractivity contribution in [3.63, 3.8) is 0 Å². The van der Waals surface area contributed by atoms with Gasteiger partial charge in [0, 0.05) is 13.0 Å². The van der Waals surface area contributed by atoms with Crippen molar-refractivity contribution in [3.8, 4) is 0 Å². The standard InChI is InChI=1S/C16H28N4O4/c1-12-10-19(8-4-2-6-13(17)15(21)22)11-20(12)9-5-3-7-14(18)16(23)24/h10-11,13-14H,2-9,17-18H2,1H3,(H-,21,22,23,24)/t13-,14-/m0/s1/i17+1,18+1. The molecule has 8 nitrogen and oxygen atoms in total. The van der Waals surface area contributed by atoms with Crippen LogP contribution in [0.25, 0.3) is 0 Å². The fourth-order valence-electron chi connectivity index (χ4n) is 2.52. The van der Waals surface area contributed by atoms with Crippen LogP contribution in [0.2, 0.25) is 0 Å². The SMILES string of the molecule is Cc1c[n+](CCCC[C@H]([15NH2])C(=O)[O-])cn1CCCC[C@H]([15NH2])C(=O)O. The highest BCUT2D eigenvalue weighted by molar-refractivity contribution is 5.72. The van der Waals surface area contributed by atoms with Crippen molar-refractivity contribution in [2.75, 3.05) is 0 Å². The molecule has 0 radical (unpaired) electrons. The third kappa shape index (κ3) is 7.10. The molecule has 5 N–H and O–H groups in total. The van der Waals surface area contributed by atoms with E-state index in [-0.39, 0.29) is 0 Å². The number of nitrogens with two attached hydrogens (primary N) is 2. The molecule has 0 aliphatic carbocycles. The lowest BCUT2D eigenvalue weighted by Crippen LogP contribution is -2.41. The number of aromatic nitrogens is 2. The van der Waals surface area contributed by atoms with Crippen LogP contribution in [0.5, 0.6) is 0 Å². The van der Waals surface area contributed by atoms with E-state index in [4.69, 9.17) is 16.6 Å². The van der Waals surface area contributed by atoms with Gasteiger partial charge in [-0.25, -0.2) is 9.13 Å². The number of aryl methyl sites for hydroxylation is 3. The molecule has 8 heteroatoms. The number of rotatable bonds is 12. The summed E-state index contributed by atoms with van der Waals surface area (Å²) in [6, 6.07) is -1.67. The lowest BCUT2D eigenvalue weighted by molar-refractivity contribution is -0.697. The first-order chi connectivity index (χ1) is 11.3. The maximum absolute atomic E-state index is 10.6. The maximum atomic E-state index is 10.6. The molecule has 0 spiro atoms. The minimum Gasteiger partial charge on any atom is -0.548 e. The summed E-state index contributed by atoms with van der Waals surface area (Å²) < 4.78 is 4.20. The monoisotopic (exact) mass is 342 g/mol. The van der Waals surface area contributed by atoms with E-state index in [1.165, 1.54) is 0 Å². The Hall–Kier alpha value is -1.93. The highest BCUT2D eigenvalue weighted by Crippen LogP contribution is 2.05. The van der Waals surface area contributed by atoms with Crippen molar-refractivity contribution in [1.29, 1.82) is 0 Å². The molecule has 136 valence electrons. The van der Waals surface area contributed by atoms with E-state index >= 15 is 0 Å². The molecule has 0 unspecified atom stereocenters. The van der Waals surface area contributed by atoms with Crippen molar-refractivity contribution in [2.24, 2.45) is 11.5 Å². The summed E-state index contributed by atoms with van der Waals surface area (Å²) in [4.78, 5) is 21.2. The predicted octanol–water partition coefficient (Wildman–Crippen LogP) is -1.09. The van der Waals surface area contributed by atoms with Gasteiger partial charge in [0.2, 0.25) is 6.33 Å². The zero-order valence-electron chi connectivity index (χ0n) is 14.2. The minimum absolute atomic E-state index is 0.423. The normalized spacial score (nSPS) is 13.6. The van der Waals surface area contributed by atoms with Crippen LogP contribution in [-0.4, -0.2) is 33.7 Å². The second-order valence-corrected chi connectivity index (χ2v) is 6.18. The third-order valence-electron chi connectivity index (χ3n) is 4.06. The Kier molecular flexibility index (Phi) is 8.42. The van der Waals surface area contributed by atoms with Gasteiger partial charge in [-0.05, 0) is 38.5 Å². The van der Waals surface area contributed by atoms with E-state index in [0.717, 1.165) is 44.5 Å². The van der Waals surface area contributed by atoms with Crippen LogP contribution in [0.4, 0.5) is 0 Å². The molecular formula is C16H28N4O4. The van der Waals surface area contributed by atoms with Crippen molar-refractivity contribution in [1.82, 2.24) is 4.57 Å². The molecule has 0 bridgehead atoms. The molecule has 2 atom stereocenters. The van der Waals surface area contributed by atoms with Crippen LogP contribution in [0.15, 0.2) is 12.5 Å². The molecule has 1 heterocycles. The second-order valence-electron chi connectivity index (χ2n) is 6.18. The summed E-state index contributed by atoms with van der Waals surface area (Å²) in [6.07, 6.45) is 8.19. The van der Waals surface area contributed by atoms with Gasteiger partial charge >= 0.3 is 5.97 Å². The van der Waals surface area contributed by atoms with Gasteiger partial charge in [-0.2, -0.15) is 0 Å². The van der Waals surface area contributed by atoms with Gasteiger partial charge < -0.3 is 26.5 Å². The van der Waals surface area contributed by atoms with Crippen LogP contribution in [0, 0.1) is 6.92 Å². The van der Waals surface area contributed by atoms with Crippen LogP contribution < -0.4 is 21.1 Å². The molecule has 0 aliphatic rings. The van der Waals surface area contributed by atoms with Gasteiger partial charge in [0.05, 0.1) is 19.1 Å². The van der Waals surface area contributed by atoms with Gasteiger partial charge in [0.25, 0.3) is 0 Å². The first-order valence-electron chi connectivity index (χ1n) is 8.32. The lowest BCUT2D eigenvalue weighted by atomic mass is 10.1. The highest BCUT2D eigenvalue weighted by atomic mass is 16.4. The van der Waals surface area contributed by atoms with E-state index in [9.17, 15) is 14.7 Å². The minimum atomic E-state index is -1.20. The average molecular weight is 342 g/mol. The van der Waals surface area contributed by atoms with Crippen molar-refractivity contribution >= 4 is 11.9 Å². The number of carboxylic acid groups (broad SMARTS) is 2. The third-order valence-corrected chi connectivity index (χ3v) is 4.06. The molecule has 0 saturated heterocycles. The molecule has 0 saturated carbocycles. The molecule has 0 fully saturated rings. The van der Waals surface area contributed by atoms with Gasteiger partial charge in [-0.15, -0.1) is 0 Å². The smallest absolute Gasteiger partial charge is 0.320 e. The molecule has 0 amide bonds. The molecule has 24 heavy (non-hydrogen) atoms. The van der Waals surface area contributed by atoms with Gasteiger partial charge in [-0.1, -0.05) is 0 Å². The summed E-state index contributed by atoms with van der Waals surface area (Å²) in [5.41, 5.74) is 12.0. The Morgan fingerprint density at radius 2 is 1.83 bits per heavy atom. The molecule has 0 aromatic carbocycles. The van der Waals surface area contributed by atoms with Crippen LogP contribution in [0.1, 0.15) is 44.2 Å². The first kappa shape index (κ1) is 20.1. The summed E-state index contributed by atoms with van der Waals surface area (Å²) in [6.45, 7) is 3.64. The van der Waals surface area contributed by atoms with Gasteiger partial charge in [0.1, 0.15) is 17.9 Å². The number of carbonyl (C=O) groups is 2. The number of nitrogens with zero attached hydrogens (tertiary/aromatic N) is 2. The number of aliphatic carboxylic acids is 2. The zero-order valence-corrected chi connectivity index (χ0v) is 14.2. The summed E-state index contributed by atoms with van der Waals surface area (Å²) in [7, 11) is 0. The number of imidazole rings is 1. The van der Waals surface area contributed by atoms with Crippen molar-refractivity contribution in [3.05, 3.63) is 18.2 Å². The topological polar surface area (TPSA) is 138 Å². The highest BCUT2D eigenvalue weighted by Gasteiger charge is 2.12. The van der Waals surface area contributed by atoms with Crippen molar-refractivity contribution < 1.29 is 24.4 Å². The fourth-order valence-corrected chi connectivity index (χ4v) is 2.52. The van der Waals surface area contributed by atoms with Gasteiger partial charge in [-0.3, -0.25) is 4.79 Å². The fraction of sp³-hybridized carbons (Fsp3) is 0.688. The average Bonchev–Trinajstić information content (AvgIpc) is 2.87. The predicted molar refractivity (Wildman–Crippen MR) is 85.7 cm³/mol. The summed E-state index contributed by atoms with van der Waals surface area (Å²) >= 11 is 0. The first-order valence-corrected chi connectivity index (χ1v) is 8.32. The van der Waals surface area contributed by atoms with E-state index in [2.05, 4.69) is 9.13 Å². The maximum Gasteiger partial charge on any atom is 0.320 e.